The van der Waals surface area contributed by atoms with Crippen molar-refractivity contribution in [2.24, 2.45) is 0 Å². The van der Waals surface area contributed by atoms with E-state index in [9.17, 15) is 8.42 Å². The Labute approximate surface area is 131 Å². The van der Waals surface area contributed by atoms with Crippen molar-refractivity contribution in [3.63, 3.8) is 0 Å². The topological polar surface area (TPSA) is 63.2 Å². The molecular formula is C16H19N3O2S. The Balaban J connectivity index is 1.87. The maximum absolute atomic E-state index is 12.9. The lowest BCUT2D eigenvalue weighted by Crippen LogP contribution is -2.39. The van der Waals surface area contributed by atoms with E-state index < -0.39 is 10.0 Å². The summed E-state index contributed by atoms with van der Waals surface area (Å²) in [6.45, 7) is 2.86. The molecule has 0 radical (unpaired) electrons. The minimum absolute atomic E-state index is 0.112. The minimum Gasteiger partial charge on any atom is -0.261 e. The fourth-order valence-corrected chi connectivity index (χ4v) is 4.66. The first-order valence-electron chi connectivity index (χ1n) is 7.41. The summed E-state index contributed by atoms with van der Waals surface area (Å²) in [4.78, 5) is 8.81. The second-order valence-electron chi connectivity index (χ2n) is 5.60. The van der Waals surface area contributed by atoms with Crippen LogP contribution in [0.2, 0.25) is 0 Å². The van der Waals surface area contributed by atoms with Crippen molar-refractivity contribution in [2.45, 2.75) is 30.6 Å². The lowest BCUT2D eigenvalue weighted by atomic mass is 9.96. The van der Waals surface area contributed by atoms with Crippen molar-refractivity contribution in [2.75, 3.05) is 13.1 Å². The van der Waals surface area contributed by atoms with Gasteiger partial charge in [0.15, 0.2) is 0 Å². The largest absolute Gasteiger partial charge is 0.261 e. The van der Waals surface area contributed by atoms with Gasteiger partial charge in [0.1, 0.15) is 0 Å². The molecule has 0 saturated carbocycles. The van der Waals surface area contributed by atoms with Crippen LogP contribution in [0.4, 0.5) is 0 Å². The van der Waals surface area contributed by atoms with Crippen LogP contribution in [0.25, 0.3) is 0 Å². The highest BCUT2D eigenvalue weighted by Crippen LogP contribution is 2.29. The number of hydrogen-bond donors (Lipinski definition) is 0. The van der Waals surface area contributed by atoms with Gasteiger partial charge in [-0.2, -0.15) is 4.31 Å². The molecule has 0 amide bonds. The lowest BCUT2D eigenvalue weighted by Gasteiger charge is -2.31. The monoisotopic (exact) mass is 317 g/mol. The van der Waals surface area contributed by atoms with Crippen LogP contribution < -0.4 is 0 Å². The Hall–Kier alpha value is -1.79. The summed E-state index contributed by atoms with van der Waals surface area (Å²) >= 11 is 0. The highest BCUT2D eigenvalue weighted by atomic mass is 32.2. The van der Waals surface area contributed by atoms with Crippen molar-refractivity contribution < 1.29 is 8.42 Å². The zero-order valence-electron chi connectivity index (χ0n) is 12.5. The number of hydrogen-bond acceptors (Lipinski definition) is 4. The van der Waals surface area contributed by atoms with E-state index in [4.69, 9.17) is 0 Å². The van der Waals surface area contributed by atoms with Gasteiger partial charge in [-0.05, 0) is 31.4 Å². The predicted molar refractivity (Wildman–Crippen MR) is 83.9 cm³/mol. The van der Waals surface area contributed by atoms with Gasteiger partial charge in [-0.15, -0.1) is 0 Å². The maximum Gasteiger partial charge on any atom is 0.243 e. The van der Waals surface area contributed by atoms with E-state index >= 15 is 0 Å². The molecule has 1 aromatic heterocycles. The third kappa shape index (κ3) is 2.89. The molecule has 2 heterocycles. The normalized spacial score (nSPS) is 20.0. The Morgan fingerprint density at radius 2 is 2.05 bits per heavy atom. The van der Waals surface area contributed by atoms with Crippen molar-refractivity contribution in [1.82, 2.24) is 14.3 Å². The van der Waals surface area contributed by atoms with Crippen molar-refractivity contribution >= 4 is 10.0 Å². The van der Waals surface area contributed by atoms with Gasteiger partial charge in [0.25, 0.3) is 0 Å². The zero-order chi connectivity index (χ0) is 15.6. The summed E-state index contributed by atoms with van der Waals surface area (Å²) in [5.74, 6) is 0.112. The average Bonchev–Trinajstić information content (AvgIpc) is 2.56. The highest BCUT2D eigenvalue weighted by Gasteiger charge is 2.32. The van der Waals surface area contributed by atoms with Crippen LogP contribution in [-0.2, 0) is 10.0 Å². The van der Waals surface area contributed by atoms with E-state index in [0.717, 1.165) is 24.1 Å². The number of sulfonamides is 1. The van der Waals surface area contributed by atoms with Gasteiger partial charge in [0.2, 0.25) is 10.0 Å². The molecule has 22 heavy (non-hydrogen) atoms. The summed E-state index contributed by atoms with van der Waals surface area (Å²) < 4.78 is 27.3. The molecule has 0 aliphatic carbocycles. The van der Waals surface area contributed by atoms with Gasteiger partial charge in [-0.25, -0.2) is 8.42 Å². The fourth-order valence-electron chi connectivity index (χ4n) is 2.91. The van der Waals surface area contributed by atoms with Crippen LogP contribution in [0.3, 0.4) is 0 Å². The van der Waals surface area contributed by atoms with Crippen molar-refractivity contribution in [1.29, 1.82) is 0 Å². The average molecular weight is 317 g/mol. The summed E-state index contributed by atoms with van der Waals surface area (Å²) in [5, 5.41) is 0. The molecule has 1 aliphatic rings. The van der Waals surface area contributed by atoms with Crippen LogP contribution in [0, 0.1) is 6.92 Å². The summed E-state index contributed by atoms with van der Waals surface area (Å²) in [7, 11) is -3.45. The molecular weight excluding hydrogens is 298 g/mol. The number of benzene rings is 1. The summed E-state index contributed by atoms with van der Waals surface area (Å²) in [6, 6.07) is 7.13. The number of aromatic nitrogens is 2. The molecule has 116 valence electrons. The first kappa shape index (κ1) is 15.1. The van der Waals surface area contributed by atoms with Crippen LogP contribution in [-0.4, -0.2) is 35.8 Å². The third-order valence-corrected chi connectivity index (χ3v) is 6.12. The van der Waals surface area contributed by atoms with Gasteiger partial charge in [0, 0.05) is 37.6 Å². The van der Waals surface area contributed by atoms with Gasteiger partial charge >= 0.3 is 0 Å². The molecule has 5 nitrogen and oxygen atoms in total. The second-order valence-corrected chi connectivity index (χ2v) is 7.50. The van der Waals surface area contributed by atoms with E-state index in [1.54, 1.807) is 35.0 Å². The molecule has 0 unspecified atom stereocenters. The van der Waals surface area contributed by atoms with Crippen molar-refractivity contribution in [3.8, 4) is 0 Å². The highest BCUT2D eigenvalue weighted by molar-refractivity contribution is 7.89. The van der Waals surface area contributed by atoms with E-state index in [-0.39, 0.29) is 5.92 Å². The molecule has 3 rings (SSSR count). The van der Waals surface area contributed by atoms with Crippen LogP contribution in [0.5, 0.6) is 0 Å². The molecule has 0 bridgehead atoms. The van der Waals surface area contributed by atoms with Gasteiger partial charge in [-0.1, -0.05) is 18.2 Å². The summed E-state index contributed by atoms with van der Waals surface area (Å²) in [5.41, 5.74) is 1.65. The molecule has 1 aromatic carbocycles. The maximum atomic E-state index is 12.9. The van der Waals surface area contributed by atoms with Gasteiger partial charge in [0.05, 0.1) is 10.6 Å². The Bertz CT molecular complexity index is 747. The SMILES string of the molecule is Cc1ccccc1S(=O)(=O)N1CCC[C@H](c2cnccn2)C1. The van der Waals surface area contributed by atoms with E-state index in [1.807, 2.05) is 19.1 Å². The quantitative estimate of drug-likeness (QED) is 0.872. The van der Waals surface area contributed by atoms with E-state index in [2.05, 4.69) is 9.97 Å². The Kier molecular flexibility index (Phi) is 4.22. The van der Waals surface area contributed by atoms with Crippen LogP contribution >= 0.6 is 0 Å². The van der Waals surface area contributed by atoms with Crippen LogP contribution in [0.15, 0.2) is 47.8 Å². The third-order valence-electron chi connectivity index (χ3n) is 4.10. The van der Waals surface area contributed by atoms with Gasteiger partial charge in [-0.3, -0.25) is 9.97 Å². The second kappa shape index (κ2) is 6.14. The van der Waals surface area contributed by atoms with Gasteiger partial charge < -0.3 is 0 Å². The van der Waals surface area contributed by atoms with Crippen molar-refractivity contribution in [3.05, 3.63) is 54.1 Å². The predicted octanol–water partition coefficient (Wildman–Crippen LogP) is 2.35. The minimum atomic E-state index is -3.45. The van der Waals surface area contributed by atoms with E-state index in [1.165, 1.54) is 0 Å². The number of piperidine rings is 1. The molecule has 1 aliphatic heterocycles. The molecule has 0 spiro atoms. The first-order valence-corrected chi connectivity index (χ1v) is 8.85. The smallest absolute Gasteiger partial charge is 0.243 e. The van der Waals surface area contributed by atoms with Crippen LogP contribution in [0.1, 0.15) is 30.0 Å². The Morgan fingerprint density at radius 1 is 1.23 bits per heavy atom. The zero-order valence-corrected chi connectivity index (χ0v) is 13.3. The summed E-state index contributed by atoms with van der Waals surface area (Å²) in [6.07, 6.45) is 6.80. The van der Waals surface area contributed by atoms with E-state index in [0.29, 0.717) is 18.0 Å². The molecule has 0 N–H and O–H groups in total. The number of rotatable bonds is 3. The number of nitrogens with zero attached hydrogens (tertiary/aromatic N) is 3. The molecule has 1 fully saturated rings. The molecule has 1 atom stereocenters. The lowest BCUT2D eigenvalue weighted by molar-refractivity contribution is 0.312. The Morgan fingerprint density at radius 3 is 2.77 bits per heavy atom. The standard InChI is InChI=1S/C16H19N3O2S/c1-13-5-2-3-7-16(13)22(20,21)19-10-4-6-14(12-19)15-11-17-8-9-18-15/h2-3,5,7-9,11,14H,4,6,10,12H2,1H3/t14-/m0/s1. The molecule has 2 aromatic rings. The molecule has 1 saturated heterocycles. The number of aryl methyl sites for hydroxylation is 1. The fraction of sp³-hybridized carbons (Fsp3) is 0.375. The first-order chi connectivity index (χ1) is 10.6. The molecule has 6 heteroatoms.